The number of hydrogen-bond acceptors (Lipinski definition) is 3. The molecule has 0 saturated heterocycles. The zero-order valence-electron chi connectivity index (χ0n) is 23.3. The molecule has 0 saturated carbocycles. The van der Waals surface area contributed by atoms with E-state index in [-0.39, 0.29) is 36.3 Å². The summed E-state index contributed by atoms with van der Waals surface area (Å²) in [7, 11) is 0. The van der Waals surface area contributed by atoms with Gasteiger partial charge in [0.15, 0.2) is 0 Å². The molecule has 0 radical (unpaired) electrons. The van der Waals surface area contributed by atoms with Crippen LogP contribution >= 0.6 is 0 Å². The minimum atomic E-state index is -0.311. The van der Waals surface area contributed by atoms with Crippen LogP contribution in [0.3, 0.4) is 0 Å². The predicted octanol–water partition coefficient (Wildman–Crippen LogP) is 6.15. The Hall–Kier alpha value is -3.93. The van der Waals surface area contributed by atoms with Gasteiger partial charge >= 0.3 is 5.97 Å². The van der Waals surface area contributed by atoms with Crippen molar-refractivity contribution < 1.29 is 18.7 Å². The third-order valence-corrected chi connectivity index (χ3v) is 8.04. The molecule has 0 aliphatic heterocycles. The molecule has 5 nitrogen and oxygen atoms in total. The molecule has 40 heavy (non-hydrogen) atoms. The van der Waals surface area contributed by atoms with Crippen LogP contribution in [0.1, 0.15) is 42.7 Å². The van der Waals surface area contributed by atoms with Gasteiger partial charge in [-0.3, -0.25) is 9.59 Å². The van der Waals surface area contributed by atoms with Gasteiger partial charge in [0, 0.05) is 42.0 Å². The topological polar surface area (TPSA) is 51.5 Å². The Bertz CT molecular complexity index is 1470. The summed E-state index contributed by atoms with van der Waals surface area (Å²) >= 11 is 0. The Morgan fingerprint density at radius 3 is 2.42 bits per heavy atom. The van der Waals surface area contributed by atoms with Crippen LogP contribution in [0.2, 0.25) is 0 Å². The Kier molecular flexibility index (Phi) is 8.63. The van der Waals surface area contributed by atoms with E-state index in [4.69, 9.17) is 4.74 Å². The normalized spacial score (nSPS) is 15.4. The summed E-state index contributed by atoms with van der Waals surface area (Å²) in [6.07, 6.45) is 3.76. The number of hydrogen-bond donors (Lipinski definition) is 0. The quantitative estimate of drug-likeness (QED) is 0.227. The van der Waals surface area contributed by atoms with Crippen LogP contribution in [-0.4, -0.2) is 40.5 Å². The summed E-state index contributed by atoms with van der Waals surface area (Å²) in [5, 5.41) is 0.885. The van der Waals surface area contributed by atoms with E-state index in [0.717, 1.165) is 47.0 Å². The van der Waals surface area contributed by atoms with Gasteiger partial charge in [-0.1, -0.05) is 67.6 Å². The molecule has 0 N–H and O–H groups in total. The molecule has 1 aliphatic rings. The smallest absolute Gasteiger partial charge is 0.302 e. The summed E-state index contributed by atoms with van der Waals surface area (Å²) in [6.45, 7) is 4.86. The highest BCUT2D eigenvalue weighted by Gasteiger charge is 2.33. The molecule has 0 spiro atoms. The van der Waals surface area contributed by atoms with Gasteiger partial charge in [0.1, 0.15) is 12.4 Å². The maximum absolute atomic E-state index is 14.4. The summed E-state index contributed by atoms with van der Waals surface area (Å²) < 4.78 is 21.8. The number of carbonyl (C=O) groups excluding carboxylic acids is 2. The molecule has 1 aliphatic carbocycles. The van der Waals surface area contributed by atoms with E-state index in [2.05, 4.69) is 33.7 Å². The number of amides is 1. The van der Waals surface area contributed by atoms with Crippen molar-refractivity contribution in [1.82, 2.24) is 9.47 Å². The van der Waals surface area contributed by atoms with Gasteiger partial charge in [-0.2, -0.15) is 0 Å². The maximum atomic E-state index is 14.4. The molecule has 1 aromatic heterocycles. The molecule has 4 aromatic rings. The lowest BCUT2D eigenvalue weighted by molar-refractivity contribution is -0.141. The van der Waals surface area contributed by atoms with Crippen LogP contribution in [0.15, 0.2) is 78.9 Å². The zero-order chi connectivity index (χ0) is 28.1. The highest BCUT2D eigenvalue weighted by Crippen LogP contribution is 2.35. The van der Waals surface area contributed by atoms with Crippen molar-refractivity contribution in [2.24, 2.45) is 5.92 Å². The van der Waals surface area contributed by atoms with Crippen molar-refractivity contribution in [2.45, 2.75) is 58.5 Å². The summed E-state index contributed by atoms with van der Waals surface area (Å²) in [4.78, 5) is 27.5. The van der Waals surface area contributed by atoms with E-state index >= 15 is 0 Å². The molecule has 208 valence electrons. The molecule has 0 fully saturated rings. The fraction of sp³-hybridized carbons (Fsp3) is 0.353. The number of carbonyl (C=O) groups is 2. The fourth-order valence-electron chi connectivity index (χ4n) is 6.11. The third kappa shape index (κ3) is 6.27. The maximum Gasteiger partial charge on any atom is 0.302 e. The van der Waals surface area contributed by atoms with Crippen molar-refractivity contribution in [1.29, 1.82) is 0 Å². The van der Waals surface area contributed by atoms with Crippen molar-refractivity contribution in [3.05, 3.63) is 107 Å². The number of nitrogens with zero attached hydrogens (tertiary/aromatic N) is 2. The Balaban J connectivity index is 1.43. The van der Waals surface area contributed by atoms with Crippen molar-refractivity contribution in [2.75, 3.05) is 13.2 Å². The van der Waals surface area contributed by atoms with Gasteiger partial charge < -0.3 is 14.2 Å². The van der Waals surface area contributed by atoms with E-state index < -0.39 is 0 Å². The highest BCUT2D eigenvalue weighted by atomic mass is 19.1. The second-order valence-electron chi connectivity index (χ2n) is 10.8. The van der Waals surface area contributed by atoms with Crippen molar-refractivity contribution >= 4 is 22.8 Å². The zero-order valence-corrected chi connectivity index (χ0v) is 23.3. The van der Waals surface area contributed by atoms with E-state index in [9.17, 15) is 14.0 Å². The van der Waals surface area contributed by atoms with Crippen LogP contribution in [-0.2, 0) is 46.6 Å². The van der Waals surface area contributed by atoms with Crippen LogP contribution < -0.4 is 0 Å². The Morgan fingerprint density at radius 1 is 1.02 bits per heavy atom. The molecular weight excluding hydrogens is 503 g/mol. The van der Waals surface area contributed by atoms with Crippen LogP contribution in [0.5, 0.6) is 0 Å². The molecule has 0 bridgehead atoms. The van der Waals surface area contributed by atoms with Gasteiger partial charge in [0.05, 0.1) is 6.54 Å². The molecule has 1 amide bonds. The van der Waals surface area contributed by atoms with Crippen LogP contribution in [0, 0.1) is 11.7 Å². The Labute approximate surface area is 235 Å². The SMILES string of the molecule is CC(=O)OCCn1c2c(c3cc(F)ccc31)C[C@@H](N(CCc1ccccc1)C(=O)[C@@H](C)Cc1ccccc1)CC2. The monoisotopic (exact) mass is 540 g/mol. The van der Waals surface area contributed by atoms with Crippen LogP contribution in [0.25, 0.3) is 10.9 Å². The van der Waals surface area contributed by atoms with Gasteiger partial charge in [-0.25, -0.2) is 4.39 Å². The molecular formula is C34H37FN2O3. The molecule has 0 unspecified atom stereocenters. The van der Waals surface area contributed by atoms with Gasteiger partial charge in [0.25, 0.3) is 0 Å². The number of halogens is 1. The molecule has 1 heterocycles. The fourth-order valence-corrected chi connectivity index (χ4v) is 6.11. The average Bonchev–Trinajstić information content (AvgIpc) is 3.26. The summed E-state index contributed by atoms with van der Waals surface area (Å²) in [6, 6.07) is 25.4. The van der Waals surface area contributed by atoms with Crippen molar-refractivity contribution in [3.63, 3.8) is 0 Å². The minimum absolute atomic E-state index is 0.0257. The van der Waals surface area contributed by atoms with Gasteiger partial charge in [0.2, 0.25) is 5.91 Å². The first-order chi connectivity index (χ1) is 19.4. The second kappa shape index (κ2) is 12.5. The van der Waals surface area contributed by atoms with Crippen molar-refractivity contribution in [3.8, 4) is 0 Å². The average molecular weight is 541 g/mol. The molecule has 5 rings (SSSR count). The number of fused-ring (bicyclic) bond motifs is 3. The highest BCUT2D eigenvalue weighted by molar-refractivity contribution is 5.86. The molecule has 3 aromatic carbocycles. The predicted molar refractivity (Wildman–Crippen MR) is 156 cm³/mol. The second-order valence-corrected chi connectivity index (χ2v) is 10.8. The lowest BCUT2D eigenvalue weighted by Crippen LogP contribution is -2.47. The van der Waals surface area contributed by atoms with E-state index in [1.54, 1.807) is 6.07 Å². The van der Waals surface area contributed by atoms with E-state index in [0.29, 0.717) is 25.9 Å². The van der Waals surface area contributed by atoms with Gasteiger partial charge in [-0.05, 0) is 67.0 Å². The number of esters is 1. The summed E-state index contributed by atoms with van der Waals surface area (Å²) in [5.41, 5.74) is 5.55. The number of aromatic nitrogens is 1. The first-order valence-corrected chi connectivity index (χ1v) is 14.2. The largest absolute Gasteiger partial charge is 0.464 e. The standard InChI is InChI=1S/C34H37FN2O3/c1-24(21-27-11-7-4-8-12-27)34(39)36(18-17-26-9-5-3-6-10-26)29-14-16-33-31(23-29)30-22-28(35)13-15-32(30)37(33)19-20-40-25(2)38/h3-13,15,22,24,29H,14,16-21,23H2,1-2H3/t24-,29-/m0/s1. The van der Waals surface area contributed by atoms with E-state index in [1.165, 1.54) is 18.6 Å². The molecule has 2 atom stereocenters. The third-order valence-electron chi connectivity index (χ3n) is 8.04. The summed E-state index contributed by atoms with van der Waals surface area (Å²) in [5.74, 6) is -0.572. The first kappa shape index (κ1) is 27.6. The lowest BCUT2D eigenvalue weighted by Gasteiger charge is -2.37. The van der Waals surface area contributed by atoms with E-state index in [1.807, 2.05) is 49.4 Å². The number of benzene rings is 3. The van der Waals surface area contributed by atoms with Gasteiger partial charge in [-0.15, -0.1) is 0 Å². The minimum Gasteiger partial charge on any atom is -0.464 e. The van der Waals surface area contributed by atoms with Crippen LogP contribution in [0.4, 0.5) is 4.39 Å². The number of rotatable bonds is 10. The Morgan fingerprint density at radius 2 is 1.73 bits per heavy atom. The first-order valence-electron chi connectivity index (χ1n) is 14.2. The molecule has 6 heteroatoms. The number of ether oxygens (including phenoxy) is 1. The lowest BCUT2D eigenvalue weighted by atomic mass is 9.89.